The summed E-state index contributed by atoms with van der Waals surface area (Å²) in [4.78, 5) is 0. The number of halogens is 2. The number of aryl methyl sites for hydroxylation is 8. The average molecular weight is 651 g/mol. The quantitative estimate of drug-likeness (QED) is 0.178. The van der Waals surface area contributed by atoms with Crippen molar-refractivity contribution in [3.05, 3.63) is 115 Å². The van der Waals surface area contributed by atoms with E-state index in [1.54, 1.807) is 0 Å². The molecule has 45 heavy (non-hydrogen) atoms. The summed E-state index contributed by atoms with van der Waals surface area (Å²) in [6, 6.07) is 17.1. The third-order valence-corrected chi connectivity index (χ3v) is 9.95. The molecule has 4 aromatic rings. The highest BCUT2D eigenvalue weighted by Crippen LogP contribution is 2.53. The highest BCUT2D eigenvalue weighted by molar-refractivity contribution is 7.47. The molecule has 0 atom stereocenters. The number of fused-ring (bicyclic) bond motifs is 4. The molecule has 8 heteroatoms. The second-order valence-corrected chi connectivity index (χ2v) is 14.5. The van der Waals surface area contributed by atoms with E-state index in [0.29, 0.717) is 11.5 Å². The van der Waals surface area contributed by atoms with Crippen molar-refractivity contribution < 1.29 is 27.0 Å². The van der Waals surface area contributed by atoms with Crippen LogP contribution < -0.4 is 18.1 Å². The molecule has 0 bridgehead atoms. The molecule has 0 saturated heterocycles. The minimum absolute atomic E-state index is 0. The highest BCUT2D eigenvalue weighted by Gasteiger charge is 2.30. The molecule has 0 N–H and O–H groups in total. The van der Waals surface area contributed by atoms with Crippen LogP contribution in [0, 0.1) is 55.4 Å². The van der Waals surface area contributed by atoms with Gasteiger partial charge < -0.3 is 18.1 Å². The molecule has 0 saturated carbocycles. The van der Waals surface area contributed by atoms with Crippen LogP contribution in [0.5, 0.6) is 23.0 Å². The third-order valence-electron chi connectivity index (χ3n) is 8.42. The Hall–Kier alpha value is -3.20. The Bertz CT molecular complexity index is 1490. The maximum atomic E-state index is 14.3. The molecule has 0 aliphatic carbocycles. The van der Waals surface area contributed by atoms with Gasteiger partial charge in [-0.1, -0.05) is 84.6 Å². The first-order valence-corrected chi connectivity index (χ1v) is 17.8. The van der Waals surface area contributed by atoms with Crippen molar-refractivity contribution in [3.8, 4) is 23.0 Å². The number of hydrogen-bond donors (Lipinski definition) is 0. The van der Waals surface area contributed by atoms with E-state index in [2.05, 4.69) is 91.8 Å². The van der Waals surface area contributed by atoms with E-state index >= 15 is 0 Å². The van der Waals surface area contributed by atoms with Crippen LogP contribution in [0.1, 0.15) is 92.4 Å². The molecular weight excluding hydrogens is 606 g/mol. The molecule has 0 spiro atoms. The third kappa shape index (κ3) is 7.13. The normalized spacial score (nSPS) is 19.6. The van der Waals surface area contributed by atoms with Gasteiger partial charge in [-0.05, 0) is 77.6 Å². The van der Waals surface area contributed by atoms with Gasteiger partial charge in [-0.3, -0.25) is 4.70 Å². The first kappa shape index (κ1) is 34.7. The molecule has 2 aliphatic rings. The minimum atomic E-state index is -2.48. The van der Waals surface area contributed by atoms with Crippen LogP contribution in [0.4, 0.5) is 8.90 Å². The van der Waals surface area contributed by atoms with Crippen LogP contribution >= 0.6 is 17.1 Å². The van der Waals surface area contributed by atoms with Gasteiger partial charge in [0.05, 0.1) is 0 Å². The first-order chi connectivity index (χ1) is 20.7. The summed E-state index contributed by atoms with van der Waals surface area (Å²) in [7, 11) is -3.46. The Kier molecular flexibility index (Phi) is 10.5. The fourth-order valence-corrected chi connectivity index (χ4v) is 8.38. The topological polar surface area (TPSA) is 36.9 Å². The lowest BCUT2D eigenvalue weighted by molar-refractivity contribution is 0.422. The summed E-state index contributed by atoms with van der Waals surface area (Å²) in [6.07, 6.45) is 0. The molecule has 0 amide bonds. The maximum absolute atomic E-state index is 14.3. The molecular formula is C37H44F2O4P2. The van der Waals surface area contributed by atoms with E-state index in [1.807, 2.05) is 32.6 Å². The van der Waals surface area contributed by atoms with Gasteiger partial charge in [-0.2, -0.15) is 0 Å². The van der Waals surface area contributed by atoms with E-state index in [4.69, 9.17) is 18.1 Å². The summed E-state index contributed by atoms with van der Waals surface area (Å²) in [5, 5.41) is 0. The molecule has 0 radical (unpaired) electrons. The van der Waals surface area contributed by atoms with Crippen LogP contribution in [-0.2, 0) is 0 Å². The minimum Gasteiger partial charge on any atom is -0.438 e. The van der Waals surface area contributed by atoms with E-state index in [-0.39, 0.29) is 16.5 Å². The van der Waals surface area contributed by atoms with E-state index in [0.717, 1.165) is 44.9 Å². The fraction of sp³-hybridized carbons (Fsp3) is 0.351. The Labute approximate surface area is 269 Å². The predicted octanol–water partition coefficient (Wildman–Crippen LogP) is 12.0. The van der Waals surface area contributed by atoms with Crippen molar-refractivity contribution in [3.63, 3.8) is 0 Å². The summed E-state index contributed by atoms with van der Waals surface area (Å²) >= 11 is 0. The van der Waals surface area contributed by atoms with Crippen molar-refractivity contribution in [1.29, 1.82) is 0 Å². The zero-order chi connectivity index (χ0) is 32.0. The second kappa shape index (κ2) is 13.7. The summed E-state index contributed by atoms with van der Waals surface area (Å²) < 4.78 is 37.7. The van der Waals surface area contributed by atoms with Crippen LogP contribution in [0.3, 0.4) is 0 Å². The number of rotatable bonds is 0. The summed E-state index contributed by atoms with van der Waals surface area (Å²) in [5.41, 5.74) is 13.7. The Morgan fingerprint density at radius 1 is 0.467 bits per heavy atom. The van der Waals surface area contributed by atoms with Crippen molar-refractivity contribution >= 4 is 17.1 Å². The lowest BCUT2D eigenvalue weighted by Gasteiger charge is -2.29. The molecule has 4 aromatic carbocycles. The molecule has 4 nitrogen and oxygen atoms in total. The lowest BCUT2D eigenvalue weighted by Crippen LogP contribution is -2.10. The Morgan fingerprint density at radius 3 is 0.978 bits per heavy atom. The van der Waals surface area contributed by atoms with Gasteiger partial charge in [-0.25, -0.2) is 0 Å². The monoisotopic (exact) mass is 650 g/mol. The van der Waals surface area contributed by atoms with Crippen LogP contribution in [0.2, 0.25) is 0 Å². The largest absolute Gasteiger partial charge is 0.505 e. The van der Waals surface area contributed by atoms with Gasteiger partial charge in [-0.15, -0.1) is 4.20 Å². The molecule has 2 heterocycles. The first-order valence-electron chi connectivity index (χ1n) is 15.1. The lowest BCUT2D eigenvalue weighted by atomic mass is 9.87. The predicted molar refractivity (Wildman–Crippen MR) is 185 cm³/mol. The molecule has 240 valence electrons. The summed E-state index contributed by atoms with van der Waals surface area (Å²) in [6.45, 7) is 22.9. The van der Waals surface area contributed by atoms with Crippen molar-refractivity contribution in [2.75, 3.05) is 6.66 Å². The smallest absolute Gasteiger partial charge is 0.438 e. The zero-order valence-electron chi connectivity index (χ0n) is 28.1. The summed E-state index contributed by atoms with van der Waals surface area (Å²) in [5.74, 6) is 3.58. The highest BCUT2D eigenvalue weighted by atomic mass is 31.2. The van der Waals surface area contributed by atoms with E-state index < -0.39 is 17.1 Å². The number of benzene rings is 4. The van der Waals surface area contributed by atoms with Gasteiger partial charge in [0.1, 0.15) is 23.0 Å². The van der Waals surface area contributed by atoms with Crippen molar-refractivity contribution in [2.45, 2.75) is 81.1 Å². The average Bonchev–Trinajstić information content (AvgIpc) is 2.92. The number of hydrogen-bond acceptors (Lipinski definition) is 4. The van der Waals surface area contributed by atoms with Crippen LogP contribution in [0.25, 0.3) is 0 Å². The van der Waals surface area contributed by atoms with E-state index in [9.17, 15) is 4.20 Å². The molecule has 0 aromatic heterocycles. The van der Waals surface area contributed by atoms with Gasteiger partial charge in [0.15, 0.2) is 0 Å². The molecule has 0 unspecified atom stereocenters. The van der Waals surface area contributed by atoms with Gasteiger partial charge in [0.2, 0.25) is 0 Å². The van der Waals surface area contributed by atoms with Gasteiger partial charge >= 0.3 is 8.69 Å². The molecule has 2 aliphatic heterocycles. The van der Waals surface area contributed by atoms with Crippen LogP contribution in [0.15, 0.2) is 48.5 Å². The molecule has 6 rings (SSSR count). The van der Waals surface area contributed by atoms with Gasteiger partial charge in [0.25, 0.3) is 8.38 Å². The van der Waals surface area contributed by atoms with E-state index in [1.165, 1.54) is 33.4 Å². The molecule has 0 fully saturated rings. The van der Waals surface area contributed by atoms with Crippen molar-refractivity contribution in [1.82, 2.24) is 0 Å². The second-order valence-electron chi connectivity index (χ2n) is 12.5. The fourth-order valence-electron chi connectivity index (χ4n) is 6.51. The van der Waals surface area contributed by atoms with Crippen LogP contribution in [-0.4, -0.2) is 6.66 Å². The van der Waals surface area contributed by atoms with Crippen molar-refractivity contribution in [2.24, 2.45) is 0 Å². The maximum Gasteiger partial charge on any atom is 0.505 e. The standard InChI is InChI=1S/C19H23O2P.C18H20FO2P.FH/c1-11-7-13(3)18-16(9-11)15(5)17-10-12(2)8-14(4)19(17)21-22(6)20-18;1-10-6-12(3)17-15(8-10)14(5)16-9-11(2)7-13(4)18(16)21-22(19)20-17;/h7-10,15H,1-6H3;6-9,14H,1-5H3;1H/i;19-1;1-1. The Morgan fingerprint density at radius 2 is 0.711 bits per heavy atom. The Balaban J connectivity index is 0.000000200. The van der Waals surface area contributed by atoms with Gasteiger partial charge in [0, 0.05) is 40.8 Å². The zero-order valence-corrected chi connectivity index (χ0v) is 29.9. The SMILES string of the molecule is Cc1cc(C)c2c(c1)C(C)c1cc(C)cc(C)c1OP(C)O2.Cc1cc(C)c2c(c1)C(C)c1cc(C)cc(C)c1OP([18F])O2.[18FH].